The summed E-state index contributed by atoms with van der Waals surface area (Å²) in [5.41, 5.74) is 0. The summed E-state index contributed by atoms with van der Waals surface area (Å²) in [6.07, 6.45) is 0.876. The van der Waals surface area contributed by atoms with Crippen molar-refractivity contribution in [1.29, 1.82) is 0 Å². The Morgan fingerprint density at radius 1 is 1.29 bits per heavy atom. The lowest BCUT2D eigenvalue weighted by molar-refractivity contribution is -0.141. The number of carbonyl (C=O) groups is 2. The topological polar surface area (TPSA) is 72.9 Å². The van der Waals surface area contributed by atoms with E-state index < -0.39 is 11.9 Å². The van der Waals surface area contributed by atoms with E-state index in [0.29, 0.717) is 6.54 Å². The molecule has 1 atom stereocenters. The molecule has 0 aromatic heterocycles. The second-order valence-corrected chi connectivity index (χ2v) is 4.28. The van der Waals surface area contributed by atoms with Crippen molar-refractivity contribution in [3.8, 4) is 0 Å². The predicted octanol–water partition coefficient (Wildman–Crippen LogP) is 0.300. The molecule has 0 aliphatic heterocycles. The zero-order valence-electron chi connectivity index (χ0n) is 11.1. The van der Waals surface area contributed by atoms with Crippen LogP contribution in [-0.2, 0) is 4.79 Å². The highest BCUT2D eigenvalue weighted by Crippen LogP contribution is 2.02. The number of amides is 2. The minimum Gasteiger partial charge on any atom is -0.481 e. The van der Waals surface area contributed by atoms with Crippen molar-refractivity contribution < 1.29 is 14.7 Å². The summed E-state index contributed by atoms with van der Waals surface area (Å²) in [7, 11) is 5.21. The molecule has 0 aliphatic rings. The molecule has 0 radical (unpaired) electrons. The van der Waals surface area contributed by atoms with E-state index in [1.54, 1.807) is 25.9 Å². The summed E-state index contributed by atoms with van der Waals surface area (Å²) < 4.78 is 0. The lowest BCUT2D eigenvalue weighted by Crippen LogP contribution is -2.42. The fourth-order valence-corrected chi connectivity index (χ4v) is 1.45. The van der Waals surface area contributed by atoms with Crippen LogP contribution in [0.3, 0.4) is 0 Å². The Balaban J connectivity index is 4.06. The van der Waals surface area contributed by atoms with Gasteiger partial charge < -0.3 is 20.2 Å². The molecule has 17 heavy (non-hydrogen) atoms. The summed E-state index contributed by atoms with van der Waals surface area (Å²) in [6, 6.07) is -0.144. The van der Waals surface area contributed by atoms with Gasteiger partial charge in [0, 0.05) is 27.2 Å². The van der Waals surface area contributed by atoms with Gasteiger partial charge in [0.2, 0.25) is 0 Å². The first-order valence-corrected chi connectivity index (χ1v) is 5.73. The molecule has 0 fully saturated rings. The SMILES string of the molecule is CNCCCN(C)C(=O)N(C)CC(C)C(=O)O. The van der Waals surface area contributed by atoms with Gasteiger partial charge >= 0.3 is 12.0 Å². The van der Waals surface area contributed by atoms with Crippen molar-refractivity contribution in [2.45, 2.75) is 13.3 Å². The second kappa shape index (κ2) is 7.89. The fourth-order valence-electron chi connectivity index (χ4n) is 1.45. The maximum atomic E-state index is 11.8. The summed E-state index contributed by atoms with van der Waals surface area (Å²) in [5, 5.41) is 11.8. The molecule has 0 spiro atoms. The number of rotatable bonds is 7. The summed E-state index contributed by atoms with van der Waals surface area (Å²) >= 11 is 0. The van der Waals surface area contributed by atoms with Gasteiger partial charge in [0.1, 0.15) is 0 Å². The molecule has 0 saturated carbocycles. The van der Waals surface area contributed by atoms with Crippen LogP contribution in [0.5, 0.6) is 0 Å². The molecule has 1 unspecified atom stereocenters. The lowest BCUT2D eigenvalue weighted by atomic mass is 10.2. The van der Waals surface area contributed by atoms with Gasteiger partial charge in [-0.3, -0.25) is 4.79 Å². The van der Waals surface area contributed by atoms with Gasteiger partial charge in [-0.1, -0.05) is 6.92 Å². The van der Waals surface area contributed by atoms with Gasteiger partial charge in [-0.15, -0.1) is 0 Å². The molecule has 0 rings (SSSR count). The van der Waals surface area contributed by atoms with Gasteiger partial charge in [-0.05, 0) is 20.0 Å². The van der Waals surface area contributed by atoms with Crippen molar-refractivity contribution in [2.75, 3.05) is 40.8 Å². The molecular weight excluding hydrogens is 222 g/mol. The Kier molecular flexibility index (Phi) is 7.29. The average molecular weight is 245 g/mol. The Bertz CT molecular complexity index is 258. The molecule has 0 heterocycles. The summed E-state index contributed by atoms with van der Waals surface area (Å²) in [6.45, 7) is 3.33. The van der Waals surface area contributed by atoms with Crippen LogP contribution in [0.25, 0.3) is 0 Å². The maximum Gasteiger partial charge on any atom is 0.319 e. The minimum absolute atomic E-state index is 0.144. The number of hydrogen-bond acceptors (Lipinski definition) is 3. The molecule has 2 amide bonds. The van der Waals surface area contributed by atoms with E-state index in [-0.39, 0.29) is 12.6 Å². The molecule has 0 aromatic carbocycles. The van der Waals surface area contributed by atoms with Gasteiger partial charge in [-0.25, -0.2) is 4.79 Å². The van der Waals surface area contributed by atoms with Crippen LogP contribution in [-0.4, -0.2) is 67.7 Å². The van der Waals surface area contributed by atoms with Crippen LogP contribution < -0.4 is 5.32 Å². The normalized spacial score (nSPS) is 12.0. The molecular formula is C11H23N3O3. The van der Waals surface area contributed by atoms with Crippen molar-refractivity contribution in [2.24, 2.45) is 5.92 Å². The molecule has 0 bridgehead atoms. The molecule has 0 saturated heterocycles. The largest absolute Gasteiger partial charge is 0.481 e. The number of nitrogens with one attached hydrogen (secondary N) is 1. The van der Waals surface area contributed by atoms with Crippen molar-refractivity contribution in [3.63, 3.8) is 0 Å². The molecule has 6 heteroatoms. The van der Waals surface area contributed by atoms with E-state index in [0.717, 1.165) is 13.0 Å². The summed E-state index contributed by atoms with van der Waals surface area (Å²) in [5.74, 6) is -1.43. The number of carboxylic acids is 1. The number of aliphatic carboxylic acids is 1. The van der Waals surface area contributed by atoms with Crippen LogP contribution in [0.15, 0.2) is 0 Å². The van der Waals surface area contributed by atoms with Gasteiger partial charge in [0.25, 0.3) is 0 Å². The van der Waals surface area contributed by atoms with Crippen molar-refractivity contribution >= 4 is 12.0 Å². The Labute approximate surface area is 103 Å². The Morgan fingerprint density at radius 3 is 2.35 bits per heavy atom. The third-order valence-corrected chi connectivity index (χ3v) is 2.54. The average Bonchev–Trinajstić information content (AvgIpc) is 2.27. The van der Waals surface area contributed by atoms with Gasteiger partial charge in [0.15, 0.2) is 0 Å². The number of hydrogen-bond donors (Lipinski definition) is 2. The quantitative estimate of drug-likeness (QED) is 0.633. The molecule has 100 valence electrons. The zero-order valence-corrected chi connectivity index (χ0v) is 11.1. The first-order chi connectivity index (χ1) is 7.90. The van der Waals surface area contributed by atoms with E-state index in [1.807, 2.05) is 7.05 Å². The van der Waals surface area contributed by atoms with Crippen LogP contribution >= 0.6 is 0 Å². The number of nitrogens with zero attached hydrogens (tertiary/aromatic N) is 2. The van der Waals surface area contributed by atoms with E-state index >= 15 is 0 Å². The fraction of sp³-hybridized carbons (Fsp3) is 0.818. The van der Waals surface area contributed by atoms with Crippen LogP contribution in [0.1, 0.15) is 13.3 Å². The highest BCUT2D eigenvalue weighted by molar-refractivity contribution is 5.75. The number of carboxylic acid groups (broad SMARTS) is 1. The van der Waals surface area contributed by atoms with Crippen LogP contribution in [0.2, 0.25) is 0 Å². The first-order valence-electron chi connectivity index (χ1n) is 5.73. The van der Waals surface area contributed by atoms with Crippen LogP contribution in [0, 0.1) is 5.92 Å². The van der Waals surface area contributed by atoms with E-state index in [2.05, 4.69) is 5.32 Å². The van der Waals surface area contributed by atoms with E-state index in [9.17, 15) is 9.59 Å². The number of urea groups is 1. The standard InChI is InChI=1S/C11H23N3O3/c1-9(10(15)16)8-14(4)11(17)13(3)7-5-6-12-2/h9,12H,5-8H2,1-4H3,(H,15,16). The number of carbonyl (C=O) groups excluding carboxylic acids is 1. The van der Waals surface area contributed by atoms with Crippen molar-refractivity contribution in [1.82, 2.24) is 15.1 Å². The van der Waals surface area contributed by atoms with Gasteiger partial charge in [-0.2, -0.15) is 0 Å². The third-order valence-electron chi connectivity index (χ3n) is 2.54. The predicted molar refractivity (Wildman–Crippen MR) is 66.0 cm³/mol. The molecule has 2 N–H and O–H groups in total. The van der Waals surface area contributed by atoms with Crippen LogP contribution in [0.4, 0.5) is 4.79 Å². The lowest BCUT2D eigenvalue weighted by Gasteiger charge is -2.26. The Hall–Kier alpha value is -1.30. The second-order valence-electron chi connectivity index (χ2n) is 4.28. The van der Waals surface area contributed by atoms with E-state index in [1.165, 1.54) is 4.90 Å². The zero-order chi connectivity index (χ0) is 13.4. The maximum absolute atomic E-state index is 11.8. The minimum atomic E-state index is -0.887. The van der Waals surface area contributed by atoms with Gasteiger partial charge in [0.05, 0.1) is 5.92 Å². The molecule has 0 aromatic rings. The molecule has 6 nitrogen and oxygen atoms in total. The summed E-state index contributed by atoms with van der Waals surface area (Å²) in [4.78, 5) is 25.6. The highest BCUT2D eigenvalue weighted by Gasteiger charge is 2.19. The monoisotopic (exact) mass is 245 g/mol. The third kappa shape index (κ3) is 6.11. The van der Waals surface area contributed by atoms with Crippen molar-refractivity contribution in [3.05, 3.63) is 0 Å². The first kappa shape index (κ1) is 15.7. The highest BCUT2D eigenvalue weighted by atomic mass is 16.4. The van der Waals surface area contributed by atoms with E-state index in [4.69, 9.17) is 5.11 Å². The molecule has 0 aliphatic carbocycles. The Morgan fingerprint density at radius 2 is 1.88 bits per heavy atom. The smallest absolute Gasteiger partial charge is 0.319 e.